The molecule has 1 aromatic heterocycles. The molecule has 0 aliphatic carbocycles. The van der Waals surface area contributed by atoms with Crippen LogP contribution in [0.4, 0.5) is 0 Å². The minimum atomic E-state index is -0.551. The Hall–Kier alpha value is -2.62. The van der Waals surface area contributed by atoms with Crippen LogP contribution in [0.2, 0.25) is 0 Å². The van der Waals surface area contributed by atoms with Gasteiger partial charge in [-0.1, -0.05) is 6.07 Å². The van der Waals surface area contributed by atoms with E-state index in [0.717, 1.165) is 44.1 Å². The number of likely N-dealkylation sites (N-methyl/N-ethyl adjacent to an activating group) is 1. The molecule has 2 aliphatic rings. The molecule has 3 heterocycles. The van der Waals surface area contributed by atoms with Crippen LogP contribution in [0.25, 0.3) is 0 Å². The maximum Gasteiger partial charge on any atom is 0.254 e. The van der Waals surface area contributed by atoms with Crippen molar-refractivity contribution in [3.05, 3.63) is 45.6 Å². The largest absolute Gasteiger partial charge is 0.493 e. The van der Waals surface area contributed by atoms with Crippen LogP contribution in [0.5, 0.6) is 11.5 Å². The molecule has 0 saturated carbocycles. The van der Waals surface area contributed by atoms with E-state index in [1.807, 2.05) is 17.5 Å². The van der Waals surface area contributed by atoms with Gasteiger partial charge in [-0.15, -0.1) is 11.3 Å². The Bertz CT molecular complexity index is 975. The Balaban J connectivity index is 1.60. The van der Waals surface area contributed by atoms with Gasteiger partial charge in [0.1, 0.15) is 0 Å². The van der Waals surface area contributed by atoms with E-state index in [0.29, 0.717) is 29.2 Å². The van der Waals surface area contributed by atoms with Gasteiger partial charge < -0.3 is 24.4 Å². The third kappa shape index (κ3) is 4.85. The molecule has 2 amide bonds. The van der Waals surface area contributed by atoms with E-state index in [-0.39, 0.29) is 17.9 Å². The highest BCUT2D eigenvalue weighted by molar-refractivity contribution is 7.10. The number of fused-ring (bicyclic) bond motifs is 1. The van der Waals surface area contributed by atoms with Crippen molar-refractivity contribution in [1.29, 1.82) is 0 Å². The molecule has 8 nitrogen and oxygen atoms in total. The van der Waals surface area contributed by atoms with Gasteiger partial charge in [-0.25, -0.2) is 0 Å². The smallest absolute Gasteiger partial charge is 0.254 e. The van der Waals surface area contributed by atoms with Gasteiger partial charge in [0.05, 0.1) is 39.4 Å². The van der Waals surface area contributed by atoms with Gasteiger partial charge in [-0.2, -0.15) is 0 Å². The Kier molecular flexibility index (Phi) is 7.52. The van der Waals surface area contributed by atoms with Crippen LogP contribution in [-0.4, -0.2) is 82.3 Å². The number of hydrogen-bond acceptors (Lipinski definition) is 7. The number of amides is 2. The molecule has 1 N–H and O–H groups in total. The molecule has 1 fully saturated rings. The summed E-state index contributed by atoms with van der Waals surface area (Å²) < 4.78 is 16.3. The number of methoxy groups -OCH3 is 2. The van der Waals surface area contributed by atoms with Gasteiger partial charge in [0.15, 0.2) is 11.5 Å². The molecule has 0 bridgehead atoms. The summed E-state index contributed by atoms with van der Waals surface area (Å²) in [5.41, 5.74) is 1.14. The first-order valence-electron chi connectivity index (χ1n) is 11.2. The number of rotatable bonds is 8. The zero-order chi connectivity index (χ0) is 23.4. The standard InChI is InChI=1S/C24H31N3O5S/c1-26-22(20-6-4-13-33-20)21(23(28)25-7-5-8-27-9-11-32-12-10-27)16-14-18(30-2)19(31-3)15-17(16)24(26)29/h4,6,13-15,21-22H,5,7-12H2,1-3H3,(H,25,28)/t21-,22-/m0/s1. The Morgan fingerprint density at radius 1 is 1.21 bits per heavy atom. The van der Waals surface area contributed by atoms with Gasteiger partial charge >= 0.3 is 0 Å². The van der Waals surface area contributed by atoms with Crippen LogP contribution in [0.3, 0.4) is 0 Å². The number of carbonyl (C=O) groups excluding carboxylic acids is 2. The molecule has 2 atom stereocenters. The highest BCUT2D eigenvalue weighted by Crippen LogP contribution is 2.46. The lowest BCUT2D eigenvalue weighted by atomic mass is 9.81. The number of carbonyl (C=O) groups is 2. The van der Waals surface area contributed by atoms with Crippen LogP contribution < -0.4 is 14.8 Å². The molecule has 2 aromatic rings. The summed E-state index contributed by atoms with van der Waals surface area (Å²) in [4.78, 5) is 31.8. The molecule has 0 spiro atoms. The summed E-state index contributed by atoms with van der Waals surface area (Å²) in [7, 11) is 4.85. The molecule has 1 aromatic carbocycles. The second-order valence-electron chi connectivity index (χ2n) is 8.25. The maximum atomic E-state index is 13.6. The van der Waals surface area contributed by atoms with Crippen LogP contribution in [-0.2, 0) is 9.53 Å². The van der Waals surface area contributed by atoms with Gasteiger partial charge in [-0.05, 0) is 42.1 Å². The average Bonchev–Trinajstić information content (AvgIpc) is 3.38. The van der Waals surface area contributed by atoms with Crippen molar-refractivity contribution in [3.8, 4) is 11.5 Å². The van der Waals surface area contributed by atoms with Gasteiger partial charge in [0.25, 0.3) is 5.91 Å². The van der Waals surface area contributed by atoms with E-state index in [1.165, 1.54) is 7.11 Å². The van der Waals surface area contributed by atoms with E-state index in [1.54, 1.807) is 42.5 Å². The first-order chi connectivity index (χ1) is 16.0. The predicted molar refractivity (Wildman–Crippen MR) is 126 cm³/mol. The summed E-state index contributed by atoms with van der Waals surface area (Å²) in [5, 5.41) is 5.09. The second-order valence-corrected chi connectivity index (χ2v) is 9.23. The molecule has 0 unspecified atom stereocenters. The number of morpholine rings is 1. The average molecular weight is 474 g/mol. The maximum absolute atomic E-state index is 13.6. The lowest BCUT2D eigenvalue weighted by Crippen LogP contribution is -2.46. The number of benzene rings is 1. The summed E-state index contributed by atoms with van der Waals surface area (Å²) >= 11 is 1.55. The first-order valence-corrected chi connectivity index (χ1v) is 12.1. The van der Waals surface area contributed by atoms with Crippen LogP contribution >= 0.6 is 11.3 Å². The second kappa shape index (κ2) is 10.5. The van der Waals surface area contributed by atoms with Crippen molar-refractivity contribution in [2.75, 3.05) is 60.7 Å². The fourth-order valence-corrected chi connectivity index (χ4v) is 5.50. The zero-order valence-electron chi connectivity index (χ0n) is 19.3. The zero-order valence-corrected chi connectivity index (χ0v) is 20.2. The fraction of sp³-hybridized carbons (Fsp3) is 0.500. The van der Waals surface area contributed by atoms with Crippen molar-refractivity contribution in [3.63, 3.8) is 0 Å². The quantitative estimate of drug-likeness (QED) is 0.594. The molecule has 1 saturated heterocycles. The predicted octanol–water partition coefficient (Wildman–Crippen LogP) is 2.51. The van der Waals surface area contributed by atoms with E-state index >= 15 is 0 Å². The molecule has 9 heteroatoms. The van der Waals surface area contributed by atoms with Crippen molar-refractivity contribution >= 4 is 23.2 Å². The van der Waals surface area contributed by atoms with Gasteiger partial charge in [0.2, 0.25) is 5.91 Å². The van der Waals surface area contributed by atoms with Gasteiger partial charge in [-0.3, -0.25) is 14.5 Å². The van der Waals surface area contributed by atoms with Crippen molar-refractivity contribution in [1.82, 2.24) is 15.1 Å². The summed E-state index contributed by atoms with van der Waals surface area (Å²) in [6.45, 7) is 4.88. The first kappa shape index (κ1) is 23.5. The summed E-state index contributed by atoms with van der Waals surface area (Å²) in [6, 6.07) is 6.99. The number of nitrogens with one attached hydrogen (secondary N) is 1. The summed E-state index contributed by atoms with van der Waals surface area (Å²) in [5.74, 6) is 0.189. The van der Waals surface area contributed by atoms with Gasteiger partial charge in [0, 0.05) is 37.1 Å². The van der Waals surface area contributed by atoms with Crippen LogP contribution in [0.1, 0.15) is 39.2 Å². The number of ether oxygens (including phenoxy) is 3. The lowest BCUT2D eigenvalue weighted by Gasteiger charge is -2.39. The van der Waals surface area contributed by atoms with E-state index in [4.69, 9.17) is 14.2 Å². The van der Waals surface area contributed by atoms with Crippen LogP contribution in [0, 0.1) is 0 Å². The third-order valence-corrected chi connectivity index (χ3v) is 7.29. The van der Waals surface area contributed by atoms with Crippen molar-refractivity contribution in [2.24, 2.45) is 0 Å². The molecular formula is C24H31N3O5S. The number of nitrogens with zero attached hydrogens (tertiary/aromatic N) is 2. The minimum absolute atomic E-state index is 0.0943. The van der Waals surface area contributed by atoms with E-state index in [9.17, 15) is 9.59 Å². The normalized spacial score (nSPS) is 20.9. The fourth-order valence-electron chi connectivity index (χ4n) is 4.60. The Morgan fingerprint density at radius 2 is 1.94 bits per heavy atom. The monoisotopic (exact) mass is 473 g/mol. The molecule has 4 rings (SSSR count). The number of hydrogen-bond donors (Lipinski definition) is 1. The Labute approximate surface area is 198 Å². The highest BCUT2D eigenvalue weighted by Gasteiger charge is 2.44. The SMILES string of the molecule is COc1cc2c(cc1OC)[C@H](C(=O)NCCCN1CCOCC1)[C@H](c1cccs1)N(C)C2=O. The lowest BCUT2D eigenvalue weighted by molar-refractivity contribution is -0.124. The van der Waals surface area contributed by atoms with E-state index in [2.05, 4.69) is 10.2 Å². The molecular weight excluding hydrogens is 442 g/mol. The summed E-state index contributed by atoms with van der Waals surface area (Å²) in [6.07, 6.45) is 0.857. The molecule has 2 aliphatic heterocycles. The third-order valence-electron chi connectivity index (χ3n) is 6.35. The topological polar surface area (TPSA) is 80.3 Å². The molecule has 0 radical (unpaired) electrons. The van der Waals surface area contributed by atoms with Crippen LogP contribution in [0.15, 0.2) is 29.6 Å². The Morgan fingerprint density at radius 3 is 2.61 bits per heavy atom. The molecule has 33 heavy (non-hydrogen) atoms. The highest BCUT2D eigenvalue weighted by atomic mass is 32.1. The minimum Gasteiger partial charge on any atom is -0.493 e. The molecule has 178 valence electrons. The number of thiophene rings is 1. The van der Waals surface area contributed by atoms with Crippen molar-refractivity contribution in [2.45, 2.75) is 18.4 Å². The van der Waals surface area contributed by atoms with Crippen molar-refractivity contribution < 1.29 is 23.8 Å². The van der Waals surface area contributed by atoms with E-state index < -0.39 is 5.92 Å².